The maximum Gasteiger partial charge on any atom is 0.263 e. The Morgan fingerprint density at radius 3 is 2.74 bits per heavy atom. The molecule has 2 aromatic carbocycles. The molecular formula is C26H19ClFN3O3S. The van der Waals surface area contributed by atoms with Crippen LogP contribution in [0.3, 0.4) is 0 Å². The molecule has 2 aliphatic carbocycles. The van der Waals surface area contributed by atoms with Crippen molar-refractivity contribution < 1.29 is 13.9 Å². The molecule has 2 aliphatic rings. The number of hydrogen-bond acceptors (Lipinski definition) is 6. The van der Waals surface area contributed by atoms with Crippen LogP contribution in [-0.2, 0) is 6.54 Å². The number of nitrogens with zero attached hydrogens (tertiary/aromatic N) is 3. The van der Waals surface area contributed by atoms with E-state index in [1.165, 1.54) is 17.4 Å². The number of aromatic hydroxyl groups is 1. The third kappa shape index (κ3) is 3.46. The number of fused-ring (bicyclic) bond motifs is 3. The van der Waals surface area contributed by atoms with Crippen molar-refractivity contribution in [3.63, 3.8) is 0 Å². The van der Waals surface area contributed by atoms with Gasteiger partial charge in [-0.3, -0.25) is 9.36 Å². The van der Waals surface area contributed by atoms with E-state index < -0.39 is 0 Å². The van der Waals surface area contributed by atoms with Crippen molar-refractivity contribution in [2.24, 2.45) is 0 Å². The van der Waals surface area contributed by atoms with Crippen LogP contribution in [0.5, 0.6) is 5.75 Å². The van der Waals surface area contributed by atoms with E-state index in [9.17, 15) is 14.3 Å². The lowest BCUT2D eigenvalue weighted by Gasteiger charge is -2.15. The number of oxazole rings is 1. The van der Waals surface area contributed by atoms with Gasteiger partial charge in [0.05, 0.1) is 27.9 Å². The summed E-state index contributed by atoms with van der Waals surface area (Å²) in [5.41, 5.74) is 1.33. The Labute approximate surface area is 207 Å². The van der Waals surface area contributed by atoms with Gasteiger partial charge >= 0.3 is 0 Å². The molecule has 1 N–H and O–H groups in total. The number of rotatable bonds is 5. The van der Waals surface area contributed by atoms with E-state index in [2.05, 4.69) is 4.98 Å². The number of hydrogen-bond donors (Lipinski definition) is 1. The van der Waals surface area contributed by atoms with Crippen LogP contribution in [0.15, 0.2) is 45.7 Å². The fourth-order valence-corrected chi connectivity index (χ4v) is 6.00. The van der Waals surface area contributed by atoms with Crippen LogP contribution in [0.2, 0.25) is 5.02 Å². The summed E-state index contributed by atoms with van der Waals surface area (Å²) in [4.78, 5) is 23.8. The van der Waals surface area contributed by atoms with Gasteiger partial charge in [0.25, 0.3) is 5.56 Å². The fourth-order valence-electron chi connectivity index (χ4n) is 4.68. The first-order valence-electron chi connectivity index (χ1n) is 11.6. The van der Waals surface area contributed by atoms with Crippen molar-refractivity contribution in [1.82, 2.24) is 14.5 Å². The standard InChI is InChI=1S/C26H19ClFN3O3S/c27-19-8-7-17-20-25(35-22(17)21(19)32)30-23(16-6-5-14(28)9-18(16)12-1-2-12)31(26(20)33)11-15-10-29-24(34-15)13-3-4-13/h5-10,12-13,32H,1-4,11H2. The topological polar surface area (TPSA) is 81.2 Å². The van der Waals surface area contributed by atoms with Gasteiger partial charge in [-0.1, -0.05) is 17.7 Å². The summed E-state index contributed by atoms with van der Waals surface area (Å²) in [6.45, 7) is 0.148. The highest BCUT2D eigenvalue weighted by atomic mass is 35.5. The molecule has 0 spiro atoms. The van der Waals surface area contributed by atoms with Crippen molar-refractivity contribution in [2.75, 3.05) is 0 Å². The van der Waals surface area contributed by atoms with Gasteiger partial charge in [-0.25, -0.2) is 14.4 Å². The highest BCUT2D eigenvalue weighted by Gasteiger charge is 2.31. The third-order valence-electron chi connectivity index (χ3n) is 6.77. The summed E-state index contributed by atoms with van der Waals surface area (Å²) >= 11 is 7.35. The summed E-state index contributed by atoms with van der Waals surface area (Å²) in [5, 5.41) is 11.8. The number of phenolic OH excluding ortho intramolecular Hbond substituents is 1. The number of thiophene rings is 1. The van der Waals surface area contributed by atoms with Crippen molar-refractivity contribution in [3.05, 3.63) is 74.9 Å². The van der Waals surface area contributed by atoms with E-state index in [1.807, 2.05) is 0 Å². The van der Waals surface area contributed by atoms with Crippen molar-refractivity contribution in [3.8, 4) is 17.1 Å². The Kier molecular flexibility index (Phi) is 4.60. The molecule has 176 valence electrons. The number of phenols is 1. The van der Waals surface area contributed by atoms with Gasteiger partial charge in [-0.2, -0.15) is 0 Å². The molecule has 6 nitrogen and oxygen atoms in total. The normalized spacial score (nSPS) is 15.9. The van der Waals surface area contributed by atoms with Crippen LogP contribution >= 0.6 is 22.9 Å². The Balaban J connectivity index is 1.50. The molecule has 5 aromatic rings. The van der Waals surface area contributed by atoms with E-state index in [0.717, 1.165) is 36.8 Å². The van der Waals surface area contributed by atoms with Gasteiger partial charge in [0.1, 0.15) is 22.2 Å². The molecule has 3 aromatic heterocycles. The molecular weight excluding hydrogens is 489 g/mol. The third-order valence-corrected chi connectivity index (χ3v) is 8.18. The molecule has 0 aliphatic heterocycles. The summed E-state index contributed by atoms with van der Waals surface area (Å²) in [6.07, 6.45) is 5.74. The molecule has 0 atom stereocenters. The van der Waals surface area contributed by atoms with E-state index >= 15 is 0 Å². The Bertz CT molecular complexity index is 1710. The predicted molar refractivity (Wildman–Crippen MR) is 133 cm³/mol. The van der Waals surface area contributed by atoms with Crippen LogP contribution in [0.1, 0.15) is 54.7 Å². The minimum atomic E-state index is -0.309. The zero-order valence-corrected chi connectivity index (χ0v) is 20.0. The number of benzene rings is 2. The molecule has 2 fully saturated rings. The number of halogens is 2. The van der Waals surface area contributed by atoms with Gasteiger partial charge in [0, 0.05) is 16.9 Å². The Morgan fingerprint density at radius 2 is 1.97 bits per heavy atom. The van der Waals surface area contributed by atoms with Crippen LogP contribution in [0.4, 0.5) is 4.39 Å². The monoisotopic (exact) mass is 507 g/mol. The minimum Gasteiger partial charge on any atom is -0.505 e. The molecule has 2 saturated carbocycles. The highest BCUT2D eigenvalue weighted by molar-refractivity contribution is 7.25. The van der Waals surface area contributed by atoms with Crippen LogP contribution in [-0.4, -0.2) is 19.6 Å². The van der Waals surface area contributed by atoms with Crippen molar-refractivity contribution in [1.29, 1.82) is 0 Å². The maximum atomic E-state index is 14.2. The van der Waals surface area contributed by atoms with Gasteiger partial charge in [-0.15, -0.1) is 11.3 Å². The van der Waals surface area contributed by atoms with E-state index in [4.69, 9.17) is 21.0 Å². The van der Waals surface area contributed by atoms with Crippen LogP contribution < -0.4 is 5.56 Å². The molecule has 0 amide bonds. The molecule has 9 heteroatoms. The van der Waals surface area contributed by atoms with Crippen molar-refractivity contribution >= 4 is 43.2 Å². The Hall–Kier alpha value is -3.23. The molecule has 0 radical (unpaired) electrons. The lowest BCUT2D eigenvalue weighted by Crippen LogP contribution is -2.24. The van der Waals surface area contributed by atoms with E-state index in [1.54, 1.807) is 35.0 Å². The molecule has 0 saturated heterocycles. The smallest absolute Gasteiger partial charge is 0.263 e. The van der Waals surface area contributed by atoms with E-state index in [0.29, 0.717) is 43.7 Å². The van der Waals surface area contributed by atoms with Crippen LogP contribution in [0.25, 0.3) is 31.7 Å². The molecule has 3 heterocycles. The lowest BCUT2D eigenvalue weighted by atomic mass is 10.0. The average Bonchev–Trinajstić information content (AvgIpc) is 3.78. The number of aromatic nitrogens is 3. The van der Waals surface area contributed by atoms with Gasteiger partial charge in [-0.05, 0) is 61.4 Å². The SMILES string of the molecule is O=c1c2c(nc(-c3ccc(F)cc3C3CC3)n1Cc1cnc(C3CC3)o1)sc1c(O)c(Cl)ccc12. The second-order valence-corrected chi connectivity index (χ2v) is 10.7. The zero-order chi connectivity index (χ0) is 23.8. The first-order chi connectivity index (χ1) is 17.0. The van der Waals surface area contributed by atoms with Gasteiger partial charge in [0.15, 0.2) is 11.6 Å². The average molecular weight is 508 g/mol. The van der Waals surface area contributed by atoms with Crippen molar-refractivity contribution in [2.45, 2.75) is 44.1 Å². The maximum absolute atomic E-state index is 14.2. The van der Waals surface area contributed by atoms with E-state index in [-0.39, 0.29) is 34.6 Å². The molecule has 0 unspecified atom stereocenters. The quantitative estimate of drug-likeness (QED) is 0.291. The summed E-state index contributed by atoms with van der Waals surface area (Å²) in [6, 6.07) is 7.95. The summed E-state index contributed by atoms with van der Waals surface area (Å²) in [7, 11) is 0. The summed E-state index contributed by atoms with van der Waals surface area (Å²) in [5.74, 6) is 1.94. The summed E-state index contributed by atoms with van der Waals surface area (Å²) < 4.78 is 22.2. The first-order valence-corrected chi connectivity index (χ1v) is 12.8. The lowest BCUT2D eigenvalue weighted by molar-refractivity contribution is 0.444. The predicted octanol–water partition coefficient (Wildman–Crippen LogP) is 6.57. The second kappa shape index (κ2) is 7.63. The van der Waals surface area contributed by atoms with Crippen LogP contribution in [0, 0.1) is 5.82 Å². The fraction of sp³-hybridized carbons (Fsp3) is 0.269. The first kappa shape index (κ1) is 21.1. The second-order valence-electron chi connectivity index (χ2n) is 9.33. The molecule has 35 heavy (non-hydrogen) atoms. The zero-order valence-electron chi connectivity index (χ0n) is 18.4. The van der Waals surface area contributed by atoms with Gasteiger partial charge in [0.2, 0.25) is 0 Å². The Morgan fingerprint density at radius 1 is 1.17 bits per heavy atom. The molecule has 0 bridgehead atoms. The minimum absolute atomic E-state index is 0.0653. The van der Waals surface area contributed by atoms with Gasteiger partial charge < -0.3 is 9.52 Å². The molecule has 7 rings (SSSR count). The highest BCUT2D eigenvalue weighted by Crippen LogP contribution is 2.46. The largest absolute Gasteiger partial charge is 0.505 e.